The number of nitrogens with zero attached hydrogens (tertiary/aromatic N) is 1. The van der Waals surface area contributed by atoms with Crippen LogP contribution in [0.3, 0.4) is 0 Å². The van der Waals surface area contributed by atoms with Crippen molar-refractivity contribution in [2.75, 3.05) is 0 Å². The molecule has 250 valence electrons. The number of carbonyl (C=O) groups excluding carboxylic acids is 2. The number of aliphatic hydroxyl groups excluding tert-OH is 1. The van der Waals surface area contributed by atoms with E-state index in [0.29, 0.717) is 29.2 Å². The van der Waals surface area contributed by atoms with Crippen LogP contribution in [0, 0.1) is 50.7 Å². The normalized spacial score (nSPS) is 42.3. The number of rotatable bonds is 5. The molecule has 1 amide bonds. The van der Waals surface area contributed by atoms with Crippen molar-refractivity contribution in [3.8, 4) is 0 Å². The number of amides is 1. The highest BCUT2D eigenvalue weighted by molar-refractivity contribution is 6.30. The van der Waals surface area contributed by atoms with Crippen LogP contribution in [0.2, 0.25) is 5.02 Å². The molecule has 6 heteroatoms. The first-order valence-corrected chi connectivity index (χ1v) is 18.5. The largest absolute Gasteiger partial charge is 0.393 e. The van der Waals surface area contributed by atoms with Crippen molar-refractivity contribution in [1.29, 1.82) is 0 Å². The molecule has 5 fully saturated rings. The molecule has 7 rings (SSSR count). The molecule has 1 aromatic heterocycles. The zero-order valence-electron chi connectivity index (χ0n) is 29.1. The summed E-state index contributed by atoms with van der Waals surface area (Å²) < 4.78 is 0. The van der Waals surface area contributed by atoms with E-state index in [1.165, 1.54) is 24.8 Å². The number of hydrogen-bond donors (Lipinski definition) is 2. The first-order valence-electron chi connectivity index (χ1n) is 18.1. The molecule has 1 aromatic rings. The summed E-state index contributed by atoms with van der Waals surface area (Å²) in [6.45, 7) is 16.7. The minimum absolute atomic E-state index is 0.0625. The molecule has 5 nitrogen and oxygen atoms in total. The Bertz CT molecular complexity index is 1510. The van der Waals surface area contributed by atoms with Gasteiger partial charge in [-0.3, -0.25) is 14.6 Å². The Balaban J connectivity index is 1.21. The van der Waals surface area contributed by atoms with Gasteiger partial charge in [0.05, 0.1) is 22.4 Å². The first kappa shape index (κ1) is 32.6. The number of Topliss-reactive ketones (excluding diaryl/α,β-unsaturated/α-hetero) is 1. The van der Waals surface area contributed by atoms with Crippen LogP contribution >= 0.6 is 11.6 Å². The number of pyridine rings is 1. The van der Waals surface area contributed by atoms with E-state index in [-0.39, 0.29) is 50.8 Å². The average molecular weight is 647 g/mol. The number of allylic oxidation sites excluding steroid dienone is 3. The zero-order chi connectivity index (χ0) is 33.1. The number of fused-ring (bicyclic) bond motifs is 7. The van der Waals surface area contributed by atoms with Gasteiger partial charge in [-0.25, -0.2) is 0 Å². The summed E-state index contributed by atoms with van der Waals surface area (Å²) in [6.07, 6.45) is 16.1. The van der Waals surface area contributed by atoms with Gasteiger partial charge in [-0.15, -0.1) is 0 Å². The van der Waals surface area contributed by atoms with Gasteiger partial charge in [-0.2, -0.15) is 0 Å². The summed E-state index contributed by atoms with van der Waals surface area (Å²) >= 11 is 6.08. The molecule has 0 saturated heterocycles. The molecule has 0 aliphatic heterocycles. The lowest BCUT2D eigenvalue weighted by molar-refractivity contribution is -0.227. The predicted octanol–water partition coefficient (Wildman–Crippen LogP) is 8.74. The van der Waals surface area contributed by atoms with E-state index in [0.717, 1.165) is 56.2 Å². The first-order chi connectivity index (χ1) is 21.5. The van der Waals surface area contributed by atoms with Crippen LogP contribution in [0.15, 0.2) is 41.6 Å². The SMILES string of the molecule is CC(C)C1=C2C3CCC4C5(C)CCC(O)C(C)(C)C5CCC4(C)C3(C)CCC2(C=CC(=O)NC2(c3ccc(Cl)cn3)CC2)CC1=O. The summed E-state index contributed by atoms with van der Waals surface area (Å²) in [4.78, 5) is 32.0. The van der Waals surface area contributed by atoms with E-state index in [9.17, 15) is 14.7 Å². The summed E-state index contributed by atoms with van der Waals surface area (Å²) in [6, 6.07) is 3.74. The molecule has 0 aromatic carbocycles. The van der Waals surface area contributed by atoms with Crippen LogP contribution < -0.4 is 5.32 Å². The summed E-state index contributed by atoms with van der Waals surface area (Å²) in [5.41, 5.74) is 2.88. The van der Waals surface area contributed by atoms with E-state index in [2.05, 4.69) is 64.8 Å². The molecule has 8 atom stereocenters. The van der Waals surface area contributed by atoms with Gasteiger partial charge in [-0.05, 0) is 139 Å². The summed E-state index contributed by atoms with van der Waals surface area (Å²) in [7, 11) is 0. The molecule has 2 N–H and O–H groups in total. The number of carbonyl (C=O) groups is 2. The number of aliphatic hydroxyl groups is 1. The lowest BCUT2D eigenvalue weighted by atomic mass is 9.33. The van der Waals surface area contributed by atoms with Crippen LogP contribution in [0.25, 0.3) is 0 Å². The van der Waals surface area contributed by atoms with Crippen LogP contribution in [0.4, 0.5) is 0 Å². The highest BCUT2D eigenvalue weighted by Crippen LogP contribution is 2.76. The van der Waals surface area contributed by atoms with Crippen molar-refractivity contribution in [1.82, 2.24) is 10.3 Å². The number of hydrogen-bond acceptors (Lipinski definition) is 4. The Hall–Kier alpha value is -1.98. The zero-order valence-corrected chi connectivity index (χ0v) is 29.9. The molecule has 0 radical (unpaired) electrons. The van der Waals surface area contributed by atoms with Crippen molar-refractivity contribution in [3.63, 3.8) is 0 Å². The van der Waals surface area contributed by atoms with Gasteiger partial charge in [-0.1, -0.05) is 66.1 Å². The molecular weight excluding hydrogens is 592 g/mol. The summed E-state index contributed by atoms with van der Waals surface area (Å²) in [5, 5.41) is 14.9. The fourth-order valence-corrected chi connectivity index (χ4v) is 12.7. The second-order valence-corrected chi connectivity index (χ2v) is 18.4. The average Bonchev–Trinajstić information content (AvgIpc) is 3.69. The van der Waals surface area contributed by atoms with Crippen molar-refractivity contribution in [3.05, 3.63) is 52.3 Å². The topological polar surface area (TPSA) is 79.3 Å². The lowest BCUT2D eigenvalue weighted by Gasteiger charge is -2.72. The van der Waals surface area contributed by atoms with Crippen LogP contribution in [0.1, 0.15) is 125 Å². The van der Waals surface area contributed by atoms with E-state index in [4.69, 9.17) is 11.6 Å². The second kappa shape index (κ2) is 10.5. The standard InChI is InChI=1S/C40H55ClN2O3/c1-24(2)33-27(44)22-39(17-14-32(46)43-40(20-21-40)30-11-8-25(41)23-42-30)19-18-37(6)26(34(33)39)9-10-29-36(5)15-13-31(45)35(3,4)28(36)12-16-38(29,37)7/h8,11,14,17,23-24,26,28-29,31,45H,9-10,12-13,15-16,18-22H2,1-7H3,(H,43,46). The van der Waals surface area contributed by atoms with E-state index in [1.807, 2.05) is 12.1 Å². The Kier molecular flexibility index (Phi) is 7.44. The van der Waals surface area contributed by atoms with Gasteiger partial charge < -0.3 is 10.4 Å². The number of nitrogens with one attached hydrogen (secondary N) is 1. The van der Waals surface area contributed by atoms with Crippen molar-refractivity contribution in [2.45, 2.75) is 131 Å². The van der Waals surface area contributed by atoms with Crippen LogP contribution in [0.5, 0.6) is 0 Å². The maximum Gasteiger partial charge on any atom is 0.244 e. The van der Waals surface area contributed by atoms with Crippen molar-refractivity contribution >= 4 is 23.3 Å². The van der Waals surface area contributed by atoms with Gasteiger partial charge >= 0.3 is 0 Å². The third-order valence-corrected chi connectivity index (χ3v) is 15.6. The molecule has 0 spiro atoms. The van der Waals surface area contributed by atoms with Gasteiger partial charge in [0.25, 0.3) is 0 Å². The summed E-state index contributed by atoms with van der Waals surface area (Å²) in [5.74, 6) is 1.83. The lowest BCUT2D eigenvalue weighted by Crippen LogP contribution is -2.65. The minimum Gasteiger partial charge on any atom is -0.393 e. The van der Waals surface area contributed by atoms with E-state index < -0.39 is 5.54 Å². The van der Waals surface area contributed by atoms with Crippen LogP contribution in [-0.2, 0) is 15.1 Å². The molecule has 5 saturated carbocycles. The Morgan fingerprint density at radius 2 is 1.70 bits per heavy atom. The molecule has 6 aliphatic rings. The molecule has 0 bridgehead atoms. The molecule has 8 unspecified atom stereocenters. The number of halogens is 1. The van der Waals surface area contributed by atoms with Gasteiger partial charge in [0.1, 0.15) is 0 Å². The van der Waals surface area contributed by atoms with Gasteiger partial charge in [0.2, 0.25) is 5.91 Å². The van der Waals surface area contributed by atoms with E-state index >= 15 is 0 Å². The third-order valence-electron chi connectivity index (χ3n) is 15.3. The fourth-order valence-electron chi connectivity index (χ4n) is 12.6. The molecule has 6 aliphatic carbocycles. The molecule has 46 heavy (non-hydrogen) atoms. The third kappa shape index (κ3) is 4.45. The monoisotopic (exact) mass is 646 g/mol. The second-order valence-electron chi connectivity index (χ2n) is 18.0. The highest BCUT2D eigenvalue weighted by Gasteiger charge is 2.69. The van der Waals surface area contributed by atoms with Crippen LogP contribution in [-0.4, -0.2) is 27.9 Å². The maximum absolute atomic E-state index is 13.9. The van der Waals surface area contributed by atoms with Crippen molar-refractivity contribution in [2.24, 2.45) is 50.7 Å². The Morgan fingerprint density at radius 3 is 2.35 bits per heavy atom. The number of ketones is 1. The predicted molar refractivity (Wildman–Crippen MR) is 183 cm³/mol. The Morgan fingerprint density at radius 1 is 0.957 bits per heavy atom. The van der Waals surface area contributed by atoms with Gasteiger partial charge in [0.15, 0.2) is 5.78 Å². The highest BCUT2D eigenvalue weighted by atomic mass is 35.5. The minimum atomic E-state index is -0.423. The van der Waals surface area contributed by atoms with E-state index in [1.54, 1.807) is 12.3 Å². The fraction of sp³-hybridized carbons (Fsp3) is 0.725. The quantitative estimate of drug-likeness (QED) is 0.314. The smallest absolute Gasteiger partial charge is 0.244 e. The Labute approximate surface area is 281 Å². The number of aromatic nitrogens is 1. The molecule has 1 heterocycles. The molecular formula is C40H55ClN2O3. The van der Waals surface area contributed by atoms with Gasteiger partial charge in [0, 0.05) is 18.0 Å². The van der Waals surface area contributed by atoms with Crippen molar-refractivity contribution < 1.29 is 14.7 Å². The maximum atomic E-state index is 13.9.